The molecule has 7 heteroatoms. The molecule has 4 aromatic rings. The smallest absolute Gasteiger partial charge is 0.196 e. The average molecular weight is 467 g/mol. The molecule has 5 nitrogen and oxygen atoms in total. The number of thioether (sulfide) groups is 1. The topological polar surface area (TPSA) is 52.7 Å². The molecule has 0 unspecified atom stereocenters. The number of aromatic nitrogens is 4. The molecule has 0 radical (unpaired) electrons. The molecule has 0 atom stereocenters. The van der Waals surface area contributed by atoms with Gasteiger partial charge in [-0.15, -0.1) is 10.2 Å². The third kappa shape index (κ3) is 4.06. The van der Waals surface area contributed by atoms with Crippen LogP contribution in [0.25, 0.3) is 11.4 Å². The standard InChI is InChI=1S/C22H19BrN4OS/c1-15-12-20(16(2)27(15)19-10-8-17(23)9-11-19)21(28)13-29-22-25-24-14-26(22)18-6-4-3-5-7-18/h3-12,14H,13H2,1-2H3. The Morgan fingerprint density at radius 1 is 1.03 bits per heavy atom. The van der Waals surface area contributed by atoms with E-state index >= 15 is 0 Å². The molecule has 0 bridgehead atoms. The maximum absolute atomic E-state index is 13.0. The van der Waals surface area contributed by atoms with Crippen molar-refractivity contribution < 1.29 is 4.79 Å². The highest BCUT2D eigenvalue weighted by atomic mass is 79.9. The molecular weight excluding hydrogens is 448 g/mol. The van der Waals surface area contributed by atoms with Crippen molar-refractivity contribution in [1.29, 1.82) is 0 Å². The molecule has 2 aromatic carbocycles. The quantitative estimate of drug-likeness (QED) is 0.281. The summed E-state index contributed by atoms with van der Waals surface area (Å²) in [5.41, 5.74) is 4.73. The number of halogens is 1. The van der Waals surface area contributed by atoms with Gasteiger partial charge in [0.1, 0.15) is 6.33 Å². The van der Waals surface area contributed by atoms with Crippen LogP contribution in [-0.4, -0.2) is 30.9 Å². The third-order valence-electron chi connectivity index (χ3n) is 4.70. The van der Waals surface area contributed by atoms with E-state index in [-0.39, 0.29) is 5.78 Å². The molecule has 29 heavy (non-hydrogen) atoms. The SMILES string of the molecule is Cc1cc(C(=O)CSc2nncn2-c2ccccc2)c(C)n1-c1ccc(Br)cc1. The summed E-state index contributed by atoms with van der Waals surface area (Å²) < 4.78 is 5.03. The number of para-hydroxylation sites is 1. The third-order valence-corrected chi connectivity index (χ3v) is 6.17. The lowest BCUT2D eigenvalue weighted by Gasteiger charge is -2.10. The number of hydrogen-bond acceptors (Lipinski definition) is 4. The average Bonchev–Trinajstić information content (AvgIpc) is 3.32. The van der Waals surface area contributed by atoms with Gasteiger partial charge in [-0.25, -0.2) is 0 Å². The summed E-state index contributed by atoms with van der Waals surface area (Å²) in [7, 11) is 0. The molecule has 2 heterocycles. The first kappa shape index (κ1) is 19.7. The molecule has 0 saturated carbocycles. The zero-order valence-electron chi connectivity index (χ0n) is 16.0. The molecule has 0 spiro atoms. The first-order chi connectivity index (χ1) is 14.0. The van der Waals surface area contributed by atoms with Crippen molar-refractivity contribution in [2.24, 2.45) is 0 Å². The van der Waals surface area contributed by atoms with E-state index in [0.29, 0.717) is 10.9 Å². The maximum Gasteiger partial charge on any atom is 0.196 e. The van der Waals surface area contributed by atoms with Crippen molar-refractivity contribution in [1.82, 2.24) is 19.3 Å². The zero-order chi connectivity index (χ0) is 20.4. The second-order valence-corrected chi connectivity index (χ2v) is 8.49. The van der Waals surface area contributed by atoms with Crippen LogP contribution < -0.4 is 0 Å². The number of carbonyl (C=O) groups is 1. The highest BCUT2D eigenvalue weighted by molar-refractivity contribution is 9.10. The molecule has 146 valence electrons. The predicted molar refractivity (Wildman–Crippen MR) is 119 cm³/mol. The molecular formula is C22H19BrN4OS. The number of carbonyl (C=O) groups excluding carboxylic acids is 1. The fourth-order valence-corrected chi connectivity index (χ4v) is 4.41. The van der Waals surface area contributed by atoms with Gasteiger partial charge in [0.05, 0.1) is 5.75 Å². The van der Waals surface area contributed by atoms with Crippen molar-refractivity contribution in [3.63, 3.8) is 0 Å². The van der Waals surface area contributed by atoms with Crippen molar-refractivity contribution >= 4 is 33.5 Å². The van der Waals surface area contributed by atoms with Crippen molar-refractivity contribution in [2.75, 3.05) is 5.75 Å². The molecule has 0 fully saturated rings. The molecule has 0 N–H and O–H groups in total. The van der Waals surface area contributed by atoms with Gasteiger partial charge in [-0.2, -0.15) is 0 Å². The lowest BCUT2D eigenvalue weighted by atomic mass is 10.2. The van der Waals surface area contributed by atoms with E-state index in [9.17, 15) is 4.79 Å². The molecule has 4 rings (SSSR count). The van der Waals surface area contributed by atoms with Crippen LogP contribution in [0.15, 0.2) is 76.6 Å². The summed E-state index contributed by atoms with van der Waals surface area (Å²) in [5, 5.41) is 8.88. The van der Waals surface area contributed by atoms with Crippen LogP contribution in [0.3, 0.4) is 0 Å². The van der Waals surface area contributed by atoms with Crippen LogP contribution in [0, 0.1) is 13.8 Å². The Balaban J connectivity index is 1.54. The number of ketones is 1. The minimum atomic E-state index is 0.0778. The lowest BCUT2D eigenvalue weighted by Crippen LogP contribution is -2.06. The second kappa shape index (κ2) is 8.39. The number of Topliss-reactive ketones (excluding diaryl/α,β-unsaturated/α-hetero) is 1. The first-order valence-corrected chi connectivity index (χ1v) is 10.9. The molecule has 0 amide bonds. The Kier molecular flexibility index (Phi) is 5.69. The van der Waals surface area contributed by atoms with E-state index in [4.69, 9.17) is 0 Å². The summed E-state index contributed by atoms with van der Waals surface area (Å²) in [6, 6.07) is 19.9. The summed E-state index contributed by atoms with van der Waals surface area (Å²) in [5.74, 6) is 0.380. The van der Waals surface area contributed by atoms with E-state index in [1.807, 2.05) is 79.1 Å². The molecule has 2 aromatic heterocycles. The number of benzene rings is 2. The lowest BCUT2D eigenvalue weighted by molar-refractivity contribution is 0.102. The van der Waals surface area contributed by atoms with E-state index in [1.165, 1.54) is 11.8 Å². The normalized spacial score (nSPS) is 11.0. The van der Waals surface area contributed by atoms with Crippen LogP contribution in [0.5, 0.6) is 0 Å². The van der Waals surface area contributed by atoms with Gasteiger partial charge < -0.3 is 4.57 Å². The van der Waals surface area contributed by atoms with Gasteiger partial charge in [-0.05, 0) is 56.3 Å². The summed E-state index contributed by atoms with van der Waals surface area (Å²) >= 11 is 4.86. The van der Waals surface area contributed by atoms with Crippen LogP contribution >= 0.6 is 27.7 Å². The maximum atomic E-state index is 13.0. The fraction of sp³-hybridized carbons (Fsp3) is 0.136. The molecule has 0 aliphatic rings. The van der Waals surface area contributed by atoms with Gasteiger partial charge in [-0.1, -0.05) is 45.9 Å². The van der Waals surface area contributed by atoms with Crippen LogP contribution in [-0.2, 0) is 0 Å². The first-order valence-electron chi connectivity index (χ1n) is 9.11. The number of rotatable bonds is 6. The van der Waals surface area contributed by atoms with Gasteiger partial charge in [0, 0.05) is 32.8 Å². The molecule has 0 aliphatic heterocycles. The Bertz CT molecular complexity index is 1150. The van der Waals surface area contributed by atoms with Crippen LogP contribution in [0.2, 0.25) is 0 Å². The number of aryl methyl sites for hydroxylation is 1. The van der Waals surface area contributed by atoms with Gasteiger partial charge >= 0.3 is 0 Å². The minimum Gasteiger partial charge on any atom is -0.318 e. The fourth-order valence-electron chi connectivity index (χ4n) is 3.33. The van der Waals surface area contributed by atoms with Gasteiger partial charge in [-0.3, -0.25) is 9.36 Å². The summed E-state index contributed by atoms with van der Waals surface area (Å²) in [6.07, 6.45) is 1.67. The Morgan fingerprint density at radius 3 is 2.48 bits per heavy atom. The predicted octanol–water partition coefficient (Wildman–Crippen LogP) is 5.41. The zero-order valence-corrected chi connectivity index (χ0v) is 18.4. The summed E-state index contributed by atoms with van der Waals surface area (Å²) in [6.45, 7) is 4.00. The minimum absolute atomic E-state index is 0.0778. The van der Waals surface area contributed by atoms with E-state index in [0.717, 1.165) is 32.8 Å². The van der Waals surface area contributed by atoms with E-state index < -0.39 is 0 Å². The number of nitrogens with zero attached hydrogens (tertiary/aromatic N) is 4. The van der Waals surface area contributed by atoms with Gasteiger partial charge in [0.25, 0.3) is 0 Å². The second-order valence-electron chi connectivity index (χ2n) is 6.63. The van der Waals surface area contributed by atoms with Gasteiger partial charge in [0.2, 0.25) is 0 Å². The van der Waals surface area contributed by atoms with E-state index in [2.05, 4.69) is 30.7 Å². The number of hydrogen-bond donors (Lipinski definition) is 0. The summed E-state index contributed by atoms with van der Waals surface area (Å²) in [4.78, 5) is 13.0. The van der Waals surface area contributed by atoms with Crippen molar-refractivity contribution in [3.05, 3.63) is 88.4 Å². The Hall–Kier alpha value is -2.64. The van der Waals surface area contributed by atoms with Crippen molar-refractivity contribution in [2.45, 2.75) is 19.0 Å². The largest absolute Gasteiger partial charge is 0.318 e. The molecule has 0 saturated heterocycles. The van der Waals surface area contributed by atoms with Crippen LogP contribution in [0.1, 0.15) is 21.7 Å². The molecule has 0 aliphatic carbocycles. The highest BCUT2D eigenvalue weighted by Gasteiger charge is 2.18. The monoisotopic (exact) mass is 466 g/mol. The Morgan fingerprint density at radius 2 is 1.76 bits per heavy atom. The van der Waals surface area contributed by atoms with Crippen LogP contribution in [0.4, 0.5) is 0 Å². The van der Waals surface area contributed by atoms with Crippen molar-refractivity contribution in [3.8, 4) is 11.4 Å². The van der Waals surface area contributed by atoms with E-state index in [1.54, 1.807) is 6.33 Å². The van der Waals surface area contributed by atoms with Gasteiger partial charge in [0.15, 0.2) is 10.9 Å². The Labute approximate surface area is 181 Å². The highest BCUT2D eigenvalue weighted by Crippen LogP contribution is 2.25.